The van der Waals surface area contributed by atoms with Crippen molar-refractivity contribution in [2.24, 2.45) is 0 Å². The third-order valence-corrected chi connectivity index (χ3v) is 3.82. The molecule has 7 nitrogen and oxygen atoms in total. The molecule has 3 aromatic rings. The molecule has 3 rings (SSSR count). The minimum Gasteiger partial charge on any atom is -0.363 e. The van der Waals surface area contributed by atoms with Gasteiger partial charge in [-0.15, -0.1) is 0 Å². The average Bonchev–Trinajstić information content (AvgIpc) is 2.50. The van der Waals surface area contributed by atoms with Gasteiger partial charge in [0.25, 0.3) is 5.56 Å². The summed E-state index contributed by atoms with van der Waals surface area (Å²) in [4.78, 5) is 45.5. The molecule has 0 radical (unpaired) electrons. The highest BCUT2D eigenvalue weighted by Crippen LogP contribution is 2.21. The van der Waals surface area contributed by atoms with Crippen LogP contribution in [0.15, 0.2) is 32.7 Å². The van der Waals surface area contributed by atoms with Crippen molar-refractivity contribution in [3.8, 4) is 5.69 Å². The van der Waals surface area contributed by atoms with Gasteiger partial charge in [-0.2, -0.15) is 0 Å². The van der Waals surface area contributed by atoms with Crippen LogP contribution in [0.1, 0.15) is 25.5 Å². The quantitative estimate of drug-likeness (QED) is 0.686. The Kier molecular flexibility index (Phi) is 3.84. The van der Waals surface area contributed by atoms with Crippen LogP contribution in [0.5, 0.6) is 0 Å². The first-order valence-corrected chi connectivity index (χ1v) is 7.42. The average molecular weight is 351 g/mol. The Morgan fingerprint density at radius 3 is 2.67 bits per heavy atom. The fraction of sp³-hybridized carbons (Fsp3) is 0.200. The maximum Gasteiger partial charge on any atom is 0.334 e. The molecule has 3 heterocycles. The maximum absolute atomic E-state index is 13.6. The second kappa shape index (κ2) is 5.72. The summed E-state index contributed by atoms with van der Waals surface area (Å²) < 4.78 is 14.6. The van der Waals surface area contributed by atoms with Crippen molar-refractivity contribution in [1.82, 2.24) is 19.5 Å². The second-order valence-corrected chi connectivity index (χ2v) is 5.84. The van der Waals surface area contributed by atoms with Crippen LogP contribution >= 0.6 is 11.6 Å². The van der Waals surface area contributed by atoms with E-state index in [4.69, 9.17) is 11.6 Å². The molecule has 0 atom stereocenters. The lowest BCUT2D eigenvalue weighted by Crippen LogP contribution is -2.33. The Morgan fingerprint density at radius 1 is 1.29 bits per heavy atom. The highest BCUT2D eigenvalue weighted by atomic mass is 35.5. The molecule has 0 saturated carbocycles. The minimum atomic E-state index is -0.897. The fourth-order valence-corrected chi connectivity index (χ4v) is 2.61. The molecule has 0 saturated heterocycles. The van der Waals surface area contributed by atoms with E-state index in [1.165, 1.54) is 12.3 Å². The second-order valence-electron chi connectivity index (χ2n) is 5.49. The van der Waals surface area contributed by atoms with Gasteiger partial charge in [-0.25, -0.2) is 18.7 Å². The zero-order chi connectivity index (χ0) is 17.6. The number of aromatic amines is 2. The Balaban J connectivity index is 2.58. The monoisotopic (exact) mass is 350 g/mol. The highest BCUT2D eigenvalue weighted by molar-refractivity contribution is 6.29. The molecule has 0 aliphatic carbocycles. The molecule has 3 aromatic heterocycles. The first kappa shape index (κ1) is 16.1. The van der Waals surface area contributed by atoms with E-state index >= 15 is 0 Å². The van der Waals surface area contributed by atoms with Gasteiger partial charge in [0.15, 0.2) is 16.6 Å². The van der Waals surface area contributed by atoms with Crippen LogP contribution in [0.2, 0.25) is 5.15 Å². The molecule has 9 heteroatoms. The molecule has 0 aliphatic rings. The third-order valence-electron chi connectivity index (χ3n) is 3.56. The van der Waals surface area contributed by atoms with Gasteiger partial charge in [-0.05, 0) is 12.0 Å². The van der Waals surface area contributed by atoms with Gasteiger partial charge in [-0.1, -0.05) is 25.4 Å². The number of aromatic nitrogens is 4. The van der Waals surface area contributed by atoms with Gasteiger partial charge in [0.05, 0.1) is 5.39 Å². The Morgan fingerprint density at radius 2 is 2.00 bits per heavy atom. The van der Waals surface area contributed by atoms with E-state index in [1.807, 2.05) is 13.8 Å². The number of rotatable bonds is 2. The molecule has 0 aromatic carbocycles. The number of nitrogens with zero attached hydrogens (tertiary/aromatic N) is 2. The minimum absolute atomic E-state index is 0.00826. The van der Waals surface area contributed by atoms with E-state index in [1.54, 1.807) is 0 Å². The highest BCUT2D eigenvalue weighted by Gasteiger charge is 2.19. The number of fused-ring (bicyclic) bond motifs is 1. The summed E-state index contributed by atoms with van der Waals surface area (Å²) in [6, 6.07) is 2.13. The van der Waals surface area contributed by atoms with E-state index in [0.717, 1.165) is 10.6 Å². The van der Waals surface area contributed by atoms with Gasteiger partial charge in [-0.3, -0.25) is 14.6 Å². The van der Waals surface area contributed by atoms with Crippen molar-refractivity contribution in [2.45, 2.75) is 19.8 Å². The van der Waals surface area contributed by atoms with Crippen LogP contribution in [0.4, 0.5) is 4.39 Å². The Labute approximate surface area is 138 Å². The van der Waals surface area contributed by atoms with Crippen molar-refractivity contribution >= 4 is 22.6 Å². The summed E-state index contributed by atoms with van der Waals surface area (Å²) in [6.07, 6.45) is 1.46. The summed E-state index contributed by atoms with van der Waals surface area (Å²) in [7, 11) is 0. The van der Waals surface area contributed by atoms with Crippen LogP contribution in [0, 0.1) is 5.82 Å². The van der Waals surface area contributed by atoms with Crippen LogP contribution in [-0.2, 0) is 0 Å². The largest absolute Gasteiger partial charge is 0.363 e. The van der Waals surface area contributed by atoms with Crippen LogP contribution in [0.3, 0.4) is 0 Å². The van der Waals surface area contributed by atoms with Gasteiger partial charge in [0, 0.05) is 18.0 Å². The standard InChI is InChI=1S/C15H12ClFN4O3/c1-6(2)10-11(9(22)3-4-18-10)21-13-7(14(23)20-15(21)24)5-8(17)12(16)19-13/h3-6H,1-2H3,(H,18,22)(H,20,23,24). The SMILES string of the molecule is CC(C)c1[nH]ccc(=O)c1-n1c(=O)[nH]c(=O)c2cc(F)c(Cl)nc21. The number of pyridine rings is 2. The van der Waals surface area contributed by atoms with Gasteiger partial charge < -0.3 is 4.98 Å². The van der Waals surface area contributed by atoms with E-state index in [9.17, 15) is 18.8 Å². The normalized spacial score (nSPS) is 11.4. The molecule has 0 bridgehead atoms. The van der Waals surface area contributed by atoms with Crippen LogP contribution in [-0.4, -0.2) is 19.5 Å². The van der Waals surface area contributed by atoms with Crippen LogP contribution < -0.4 is 16.7 Å². The fourth-order valence-electron chi connectivity index (χ4n) is 2.48. The summed E-state index contributed by atoms with van der Waals surface area (Å²) >= 11 is 5.69. The molecule has 124 valence electrons. The number of H-pyrrole nitrogens is 2. The van der Waals surface area contributed by atoms with E-state index in [-0.39, 0.29) is 22.6 Å². The number of hydrogen-bond donors (Lipinski definition) is 2. The number of halogens is 2. The van der Waals surface area contributed by atoms with Crippen molar-refractivity contribution in [3.63, 3.8) is 0 Å². The smallest absolute Gasteiger partial charge is 0.334 e. The van der Waals surface area contributed by atoms with E-state index in [0.29, 0.717) is 5.69 Å². The topological polar surface area (TPSA) is 101 Å². The molecular weight excluding hydrogens is 339 g/mol. The van der Waals surface area contributed by atoms with E-state index in [2.05, 4.69) is 15.0 Å². The first-order valence-electron chi connectivity index (χ1n) is 7.04. The van der Waals surface area contributed by atoms with Crippen molar-refractivity contribution < 1.29 is 4.39 Å². The predicted molar refractivity (Wildman–Crippen MR) is 87.6 cm³/mol. The lowest BCUT2D eigenvalue weighted by Gasteiger charge is -2.14. The lowest BCUT2D eigenvalue weighted by atomic mass is 10.1. The third kappa shape index (κ3) is 2.44. The maximum atomic E-state index is 13.6. The number of nitrogens with one attached hydrogen (secondary N) is 2. The van der Waals surface area contributed by atoms with E-state index < -0.39 is 27.6 Å². The molecule has 0 aliphatic heterocycles. The van der Waals surface area contributed by atoms with Gasteiger partial charge in [0.2, 0.25) is 5.43 Å². The zero-order valence-corrected chi connectivity index (χ0v) is 13.4. The molecule has 0 unspecified atom stereocenters. The lowest BCUT2D eigenvalue weighted by molar-refractivity contribution is 0.623. The molecule has 0 spiro atoms. The molecule has 0 fully saturated rings. The summed E-state index contributed by atoms with van der Waals surface area (Å²) in [5.41, 5.74) is -1.83. The van der Waals surface area contributed by atoms with Crippen molar-refractivity contribution in [1.29, 1.82) is 0 Å². The summed E-state index contributed by atoms with van der Waals surface area (Å²) in [5.74, 6) is -1.02. The Bertz CT molecular complexity index is 1130. The van der Waals surface area contributed by atoms with Crippen LogP contribution in [0.25, 0.3) is 16.7 Å². The van der Waals surface area contributed by atoms with Gasteiger partial charge in [0.1, 0.15) is 5.69 Å². The molecular formula is C15H12ClFN4O3. The van der Waals surface area contributed by atoms with Gasteiger partial charge >= 0.3 is 5.69 Å². The summed E-state index contributed by atoms with van der Waals surface area (Å²) in [6.45, 7) is 3.65. The van der Waals surface area contributed by atoms with Crippen molar-refractivity contribution in [3.05, 3.63) is 66.1 Å². The molecule has 24 heavy (non-hydrogen) atoms. The first-order chi connectivity index (χ1) is 11.3. The summed E-state index contributed by atoms with van der Waals surface area (Å²) in [5, 5.41) is -0.686. The number of hydrogen-bond acceptors (Lipinski definition) is 4. The molecule has 0 amide bonds. The zero-order valence-electron chi connectivity index (χ0n) is 12.7. The molecule has 2 N–H and O–H groups in total. The Hall–Kier alpha value is -2.74. The van der Waals surface area contributed by atoms with Crippen molar-refractivity contribution in [2.75, 3.05) is 0 Å². The predicted octanol–water partition coefficient (Wildman–Crippen LogP) is 1.68.